The van der Waals surface area contributed by atoms with E-state index >= 15 is 0 Å². The van der Waals surface area contributed by atoms with E-state index in [1.165, 1.54) is 36.7 Å². The predicted molar refractivity (Wildman–Crippen MR) is 62.7 cm³/mol. The highest BCUT2D eigenvalue weighted by Crippen LogP contribution is 2.27. The third kappa shape index (κ3) is 3.76. The zero-order valence-corrected chi connectivity index (χ0v) is 9.83. The molecule has 2 rings (SSSR count). The van der Waals surface area contributed by atoms with Crippen LogP contribution in [0.2, 0.25) is 0 Å². The Morgan fingerprint density at radius 3 is 2.81 bits per heavy atom. The van der Waals surface area contributed by atoms with Crippen molar-refractivity contribution in [1.82, 2.24) is 5.32 Å². The molecule has 88 valence electrons. The predicted octanol–water partition coefficient (Wildman–Crippen LogP) is 3.06. The average molecular weight is 243 g/mol. The quantitative estimate of drug-likeness (QED) is 0.609. The smallest absolute Gasteiger partial charge is 0.139 e. The fourth-order valence-electron chi connectivity index (χ4n) is 1.45. The zero-order chi connectivity index (χ0) is 11.4. The largest absolute Gasteiger partial charge is 0.316 e. The molecule has 1 aromatic carbocycles. The first-order valence-electron chi connectivity index (χ1n) is 5.54. The Morgan fingerprint density at radius 1 is 1.31 bits per heavy atom. The topological polar surface area (TPSA) is 12.0 Å². The summed E-state index contributed by atoms with van der Waals surface area (Å²) in [5, 5.41) is 3.33. The summed E-state index contributed by atoms with van der Waals surface area (Å²) in [5.74, 6) is 0.698. The lowest BCUT2D eigenvalue weighted by Crippen LogP contribution is -2.19. The van der Waals surface area contributed by atoms with E-state index in [9.17, 15) is 8.78 Å². The molecular weight excluding hydrogens is 228 g/mol. The maximum Gasteiger partial charge on any atom is 0.139 e. The second-order valence-corrected chi connectivity index (χ2v) is 5.21. The number of benzene rings is 1. The molecule has 0 radical (unpaired) electrons. The van der Waals surface area contributed by atoms with Crippen molar-refractivity contribution in [1.29, 1.82) is 0 Å². The van der Waals surface area contributed by atoms with Crippen LogP contribution in [0.4, 0.5) is 8.78 Å². The maximum atomic E-state index is 13.2. The van der Waals surface area contributed by atoms with Crippen molar-refractivity contribution in [3.05, 3.63) is 29.8 Å². The molecular formula is C12H15F2NS. The number of thioether (sulfide) groups is 1. The third-order valence-corrected chi connectivity index (χ3v) is 3.61. The van der Waals surface area contributed by atoms with Crippen molar-refractivity contribution in [2.45, 2.75) is 17.7 Å². The van der Waals surface area contributed by atoms with Crippen LogP contribution < -0.4 is 5.32 Å². The number of rotatable bonds is 6. The number of halogens is 2. The standard InChI is InChI=1S/C12H15F2NS/c13-10-3-4-12(11(14)7-10)16-6-5-15-8-9-1-2-9/h3-4,7,9,15H,1-2,5-6,8H2. The molecule has 1 nitrogen and oxygen atoms in total. The van der Waals surface area contributed by atoms with E-state index in [0.717, 1.165) is 30.8 Å². The molecule has 1 fully saturated rings. The Kier molecular flexibility index (Phi) is 4.18. The van der Waals surface area contributed by atoms with Gasteiger partial charge in [-0.2, -0.15) is 0 Å². The van der Waals surface area contributed by atoms with E-state index in [1.54, 1.807) is 0 Å². The van der Waals surface area contributed by atoms with Crippen LogP contribution in [0.5, 0.6) is 0 Å². The van der Waals surface area contributed by atoms with Crippen molar-refractivity contribution < 1.29 is 8.78 Å². The molecule has 0 spiro atoms. The summed E-state index contributed by atoms with van der Waals surface area (Å²) >= 11 is 1.42. The summed E-state index contributed by atoms with van der Waals surface area (Å²) in [6, 6.07) is 3.72. The minimum Gasteiger partial charge on any atom is -0.316 e. The summed E-state index contributed by atoms with van der Waals surface area (Å²) in [6.07, 6.45) is 2.68. The molecule has 1 aliphatic carbocycles. The van der Waals surface area contributed by atoms with Crippen LogP contribution in [0.3, 0.4) is 0 Å². The second-order valence-electron chi connectivity index (χ2n) is 4.07. The van der Waals surface area contributed by atoms with Gasteiger partial charge in [0.2, 0.25) is 0 Å². The molecule has 4 heteroatoms. The van der Waals surface area contributed by atoms with Gasteiger partial charge in [0, 0.05) is 23.3 Å². The van der Waals surface area contributed by atoms with Crippen molar-refractivity contribution in [3.8, 4) is 0 Å². The molecule has 1 N–H and O–H groups in total. The lowest BCUT2D eigenvalue weighted by Gasteiger charge is -2.04. The molecule has 0 aromatic heterocycles. The second kappa shape index (κ2) is 5.64. The molecule has 0 amide bonds. The van der Waals surface area contributed by atoms with Crippen molar-refractivity contribution in [2.75, 3.05) is 18.8 Å². The molecule has 16 heavy (non-hydrogen) atoms. The molecule has 0 atom stereocenters. The van der Waals surface area contributed by atoms with Crippen LogP contribution in [0.15, 0.2) is 23.1 Å². The van der Waals surface area contributed by atoms with E-state index in [2.05, 4.69) is 5.32 Å². The van der Waals surface area contributed by atoms with Gasteiger partial charge >= 0.3 is 0 Å². The van der Waals surface area contributed by atoms with E-state index in [4.69, 9.17) is 0 Å². The Bertz CT molecular complexity index is 353. The first-order chi connectivity index (χ1) is 7.75. The van der Waals surface area contributed by atoms with Crippen LogP contribution in [0, 0.1) is 17.6 Å². The molecule has 0 unspecified atom stereocenters. The molecule has 1 aromatic rings. The Hall–Kier alpha value is -0.610. The van der Waals surface area contributed by atoms with E-state index in [1.807, 2.05) is 0 Å². The minimum absolute atomic E-state index is 0.466. The van der Waals surface area contributed by atoms with Gasteiger partial charge in [-0.1, -0.05) is 0 Å². The fraction of sp³-hybridized carbons (Fsp3) is 0.500. The summed E-state index contributed by atoms with van der Waals surface area (Å²) in [7, 11) is 0. The molecule has 0 saturated heterocycles. The molecule has 0 bridgehead atoms. The number of hydrogen-bond donors (Lipinski definition) is 1. The lowest BCUT2D eigenvalue weighted by atomic mass is 10.3. The highest BCUT2D eigenvalue weighted by atomic mass is 32.2. The first-order valence-corrected chi connectivity index (χ1v) is 6.53. The van der Waals surface area contributed by atoms with Crippen LogP contribution in [0.1, 0.15) is 12.8 Å². The van der Waals surface area contributed by atoms with Gasteiger partial charge in [-0.15, -0.1) is 11.8 Å². The Balaban J connectivity index is 1.67. The zero-order valence-electron chi connectivity index (χ0n) is 9.01. The normalized spacial score (nSPS) is 15.4. The molecule has 1 aliphatic rings. The van der Waals surface area contributed by atoms with Crippen LogP contribution >= 0.6 is 11.8 Å². The van der Waals surface area contributed by atoms with Crippen molar-refractivity contribution >= 4 is 11.8 Å². The summed E-state index contributed by atoms with van der Waals surface area (Å²) in [6.45, 7) is 1.95. The fourth-order valence-corrected chi connectivity index (χ4v) is 2.28. The van der Waals surface area contributed by atoms with E-state index in [0.29, 0.717) is 4.90 Å². The summed E-state index contributed by atoms with van der Waals surface area (Å²) in [5.41, 5.74) is 0. The van der Waals surface area contributed by atoms with Crippen LogP contribution in [0.25, 0.3) is 0 Å². The van der Waals surface area contributed by atoms with Gasteiger partial charge in [-0.05, 0) is 37.4 Å². The maximum absolute atomic E-state index is 13.2. The average Bonchev–Trinajstić information content (AvgIpc) is 3.04. The van der Waals surface area contributed by atoms with Crippen molar-refractivity contribution in [3.63, 3.8) is 0 Å². The molecule has 1 saturated carbocycles. The Morgan fingerprint density at radius 2 is 2.12 bits per heavy atom. The first kappa shape index (κ1) is 11.9. The van der Waals surface area contributed by atoms with Gasteiger partial charge in [-0.25, -0.2) is 8.78 Å². The van der Waals surface area contributed by atoms with Gasteiger partial charge in [0.25, 0.3) is 0 Å². The Labute approximate surface area is 98.6 Å². The molecule has 0 aliphatic heterocycles. The van der Waals surface area contributed by atoms with Crippen LogP contribution in [-0.2, 0) is 0 Å². The highest BCUT2D eigenvalue weighted by Gasteiger charge is 2.19. The van der Waals surface area contributed by atoms with Gasteiger partial charge in [0.05, 0.1) is 0 Å². The van der Waals surface area contributed by atoms with Crippen LogP contribution in [-0.4, -0.2) is 18.8 Å². The van der Waals surface area contributed by atoms with E-state index < -0.39 is 11.6 Å². The van der Waals surface area contributed by atoms with Gasteiger partial charge in [0.15, 0.2) is 0 Å². The molecule has 0 heterocycles. The monoisotopic (exact) mass is 243 g/mol. The number of hydrogen-bond acceptors (Lipinski definition) is 2. The minimum atomic E-state index is -0.520. The highest BCUT2D eigenvalue weighted by molar-refractivity contribution is 7.99. The van der Waals surface area contributed by atoms with Gasteiger partial charge < -0.3 is 5.32 Å². The van der Waals surface area contributed by atoms with Gasteiger partial charge in [-0.3, -0.25) is 0 Å². The lowest BCUT2D eigenvalue weighted by molar-refractivity contribution is 0.565. The summed E-state index contributed by atoms with van der Waals surface area (Å²) in [4.78, 5) is 0.523. The number of nitrogens with one attached hydrogen (secondary N) is 1. The van der Waals surface area contributed by atoms with Crippen molar-refractivity contribution in [2.24, 2.45) is 5.92 Å². The third-order valence-electron chi connectivity index (χ3n) is 2.56. The summed E-state index contributed by atoms with van der Waals surface area (Å²) < 4.78 is 25.8. The SMILES string of the molecule is Fc1ccc(SCCNCC2CC2)c(F)c1. The van der Waals surface area contributed by atoms with E-state index in [-0.39, 0.29) is 0 Å². The van der Waals surface area contributed by atoms with Gasteiger partial charge in [0.1, 0.15) is 11.6 Å².